The molecule has 0 fully saturated rings. The minimum atomic E-state index is -0.584. The third kappa shape index (κ3) is 5.81. The number of methoxy groups -OCH3 is 1. The Morgan fingerprint density at radius 1 is 1.11 bits per heavy atom. The van der Waals surface area contributed by atoms with Crippen molar-refractivity contribution in [1.29, 1.82) is 0 Å². The Morgan fingerprint density at radius 3 is 2.43 bits per heavy atom. The molecule has 2 amide bonds. The smallest absolute Gasteiger partial charge is 0.242 e. The SMILES string of the molecule is CCNC(=O)[C@H](CC)N(Cc1cccc(OC)c1)C(=O)Cc1ccc(F)cc1. The Balaban J connectivity index is 2.28. The van der Waals surface area contributed by atoms with Crippen molar-refractivity contribution in [3.8, 4) is 5.75 Å². The fraction of sp³-hybridized carbons (Fsp3) is 0.364. The van der Waals surface area contributed by atoms with Crippen LogP contribution in [0.5, 0.6) is 5.75 Å². The summed E-state index contributed by atoms with van der Waals surface area (Å²) in [4.78, 5) is 27.2. The molecule has 0 radical (unpaired) electrons. The van der Waals surface area contributed by atoms with Crippen LogP contribution in [0.4, 0.5) is 4.39 Å². The van der Waals surface area contributed by atoms with Gasteiger partial charge in [-0.2, -0.15) is 0 Å². The summed E-state index contributed by atoms with van der Waals surface area (Å²) >= 11 is 0. The number of halogens is 1. The number of likely N-dealkylation sites (N-methyl/N-ethyl adjacent to an activating group) is 1. The van der Waals surface area contributed by atoms with Gasteiger partial charge >= 0.3 is 0 Å². The largest absolute Gasteiger partial charge is 0.497 e. The molecule has 0 aliphatic heterocycles. The van der Waals surface area contributed by atoms with Gasteiger partial charge in [-0.3, -0.25) is 9.59 Å². The van der Waals surface area contributed by atoms with Crippen LogP contribution in [-0.2, 0) is 22.6 Å². The average Bonchev–Trinajstić information content (AvgIpc) is 2.70. The first-order valence-corrected chi connectivity index (χ1v) is 9.43. The van der Waals surface area contributed by atoms with Crippen LogP contribution in [0.1, 0.15) is 31.4 Å². The predicted molar refractivity (Wildman–Crippen MR) is 106 cm³/mol. The lowest BCUT2D eigenvalue weighted by Crippen LogP contribution is -2.49. The predicted octanol–water partition coefficient (Wildman–Crippen LogP) is 3.32. The van der Waals surface area contributed by atoms with Crippen molar-refractivity contribution in [2.45, 2.75) is 39.3 Å². The number of hydrogen-bond acceptors (Lipinski definition) is 3. The highest BCUT2D eigenvalue weighted by molar-refractivity contribution is 5.88. The molecule has 150 valence electrons. The van der Waals surface area contributed by atoms with E-state index < -0.39 is 6.04 Å². The zero-order valence-electron chi connectivity index (χ0n) is 16.6. The number of benzene rings is 2. The molecular weight excluding hydrogens is 359 g/mol. The zero-order chi connectivity index (χ0) is 20.5. The van der Waals surface area contributed by atoms with Gasteiger partial charge in [0.2, 0.25) is 11.8 Å². The van der Waals surface area contributed by atoms with E-state index in [4.69, 9.17) is 4.74 Å². The lowest BCUT2D eigenvalue weighted by atomic mass is 10.1. The molecule has 1 atom stereocenters. The standard InChI is InChI=1S/C22H27FN2O3/c1-4-20(22(27)24-5-2)25(15-17-7-6-8-19(13-17)28-3)21(26)14-16-9-11-18(23)12-10-16/h6-13,20H,4-5,14-15H2,1-3H3,(H,24,27)/t20-/m0/s1. The minimum Gasteiger partial charge on any atom is -0.497 e. The summed E-state index contributed by atoms with van der Waals surface area (Å²) < 4.78 is 18.4. The van der Waals surface area contributed by atoms with Gasteiger partial charge in [0.25, 0.3) is 0 Å². The summed E-state index contributed by atoms with van der Waals surface area (Å²) in [6.45, 7) is 4.50. The Kier molecular flexibility index (Phi) is 7.99. The van der Waals surface area contributed by atoms with E-state index in [-0.39, 0.29) is 30.6 Å². The van der Waals surface area contributed by atoms with Crippen LogP contribution >= 0.6 is 0 Å². The van der Waals surface area contributed by atoms with Crippen LogP contribution in [0, 0.1) is 5.82 Å². The number of rotatable bonds is 9. The molecule has 0 aromatic heterocycles. The van der Waals surface area contributed by atoms with E-state index in [0.29, 0.717) is 24.3 Å². The first-order valence-electron chi connectivity index (χ1n) is 9.43. The number of nitrogens with one attached hydrogen (secondary N) is 1. The van der Waals surface area contributed by atoms with Gasteiger partial charge in [-0.05, 0) is 48.7 Å². The highest BCUT2D eigenvalue weighted by Gasteiger charge is 2.28. The summed E-state index contributed by atoms with van der Waals surface area (Å²) in [7, 11) is 1.58. The van der Waals surface area contributed by atoms with Crippen LogP contribution in [0.3, 0.4) is 0 Å². The molecule has 28 heavy (non-hydrogen) atoms. The van der Waals surface area contributed by atoms with E-state index in [1.807, 2.05) is 38.1 Å². The van der Waals surface area contributed by atoms with Crippen LogP contribution in [0.25, 0.3) is 0 Å². The van der Waals surface area contributed by atoms with Crippen molar-refractivity contribution in [2.24, 2.45) is 0 Å². The van der Waals surface area contributed by atoms with Crippen molar-refractivity contribution in [2.75, 3.05) is 13.7 Å². The summed E-state index contributed by atoms with van der Waals surface area (Å²) in [6, 6.07) is 12.7. The van der Waals surface area contributed by atoms with Crippen LogP contribution in [-0.4, -0.2) is 36.4 Å². The molecule has 2 aromatic rings. The molecule has 0 aliphatic carbocycles. The number of carbonyl (C=O) groups is 2. The molecule has 1 N–H and O–H groups in total. The van der Waals surface area contributed by atoms with Gasteiger partial charge in [-0.1, -0.05) is 31.2 Å². The third-order valence-electron chi connectivity index (χ3n) is 4.49. The monoisotopic (exact) mass is 386 g/mol. The summed E-state index contributed by atoms with van der Waals surface area (Å²) in [5.41, 5.74) is 1.57. The molecule has 0 aliphatic rings. The average molecular weight is 386 g/mol. The van der Waals surface area contributed by atoms with Crippen LogP contribution in [0.15, 0.2) is 48.5 Å². The molecular formula is C22H27FN2O3. The summed E-state index contributed by atoms with van der Waals surface area (Å²) in [5.74, 6) is -0.0273. The quantitative estimate of drug-likeness (QED) is 0.719. The van der Waals surface area contributed by atoms with Gasteiger partial charge in [0, 0.05) is 13.1 Å². The first kappa shape index (κ1) is 21.4. The number of amides is 2. The number of ether oxygens (including phenoxy) is 1. The van der Waals surface area contributed by atoms with Crippen molar-refractivity contribution < 1.29 is 18.7 Å². The Bertz CT molecular complexity index is 793. The fourth-order valence-electron chi connectivity index (χ4n) is 3.06. The molecule has 5 nitrogen and oxygen atoms in total. The first-order chi connectivity index (χ1) is 13.5. The van der Waals surface area contributed by atoms with Crippen molar-refractivity contribution in [3.63, 3.8) is 0 Å². The maximum Gasteiger partial charge on any atom is 0.242 e. The molecule has 0 heterocycles. The number of carbonyl (C=O) groups excluding carboxylic acids is 2. The highest BCUT2D eigenvalue weighted by atomic mass is 19.1. The lowest BCUT2D eigenvalue weighted by Gasteiger charge is -2.30. The molecule has 0 unspecified atom stereocenters. The lowest BCUT2D eigenvalue weighted by molar-refractivity contribution is -0.140. The van der Waals surface area contributed by atoms with E-state index in [1.54, 1.807) is 24.1 Å². The topological polar surface area (TPSA) is 58.6 Å². The van der Waals surface area contributed by atoms with Crippen LogP contribution < -0.4 is 10.1 Å². The molecule has 0 saturated carbocycles. The van der Waals surface area contributed by atoms with E-state index in [2.05, 4.69) is 5.32 Å². The van der Waals surface area contributed by atoms with Gasteiger partial charge in [0.15, 0.2) is 0 Å². The normalized spacial score (nSPS) is 11.6. The van der Waals surface area contributed by atoms with Crippen LogP contribution in [0.2, 0.25) is 0 Å². The molecule has 2 rings (SSSR count). The van der Waals surface area contributed by atoms with Gasteiger partial charge in [-0.25, -0.2) is 4.39 Å². The molecule has 0 spiro atoms. The summed E-state index contributed by atoms with van der Waals surface area (Å²) in [6.07, 6.45) is 0.588. The molecule has 2 aromatic carbocycles. The minimum absolute atomic E-state index is 0.0974. The second kappa shape index (κ2) is 10.4. The van der Waals surface area contributed by atoms with Crippen molar-refractivity contribution >= 4 is 11.8 Å². The van der Waals surface area contributed by atoms with E-state index in [1.165, 1.54) is 12.1 Å². The van der Waals surface area contributed by atoms with Gasteiger partial charge in [0.05, 0.1) is 13.5 Å². The second-order valence-electron chi connectivity index (χ2n) is 6.50. The molecule has 6 heteroatoms. The third-order valence-corrected chi connectivity index (χ3v) is 4.49. The van der Waals surface area contributed by atoms with E-state index in [9.17, 15) is 14.0 Å². The van der Waals surface area contributed by atoms with E-state index >= 15 is 0 Å². The number of nitrogens with zero attached hydrogens (tertiary/aromatic N) is 1. The summed E-state index contributed by atoms with van der Waals surface area (Å²) in [5, 5.41) is 2.80. The Labute approximate surface area is 165 Å². The maximum absolute atomic E-state index is 13.2. The maximum atomic E-state index is 13.2. The number of hydrogen-bond donors (Lipinski definition) is 1. The van der Waals surface area contributed by atoms with Crippen molar-refractivity contribution in [3.05, 3.63) is 65.5 Å². The second-order valence-corrected chi connectivity index (χ2v) is 6.50. The molecule has 0 bridgehead atoms. The van der Waals surface area contributed by atoms with Gasteiger partial charge in [0.1, 0.15) is 17.6 Å². The highest BCUT2D eigenvalue weighted by Crippen LogP contribution is 2.18. The van der Waals surface area contributed by atoms with Crippen molar-refractivity contribution in [1.82, 2.24) is 10.2 Å². The van der Waals surface area contributed by atoms with Gasteiger partial charge < -0.3 is 15.0 Å². The Morgan fingerprint density at radius 2 is 1.82 bits per heavy atom. The fourth-order valence-corrected chi connectivity index (χ4v) is 3.06. The van der Waals surface area contributed by atoms with E-state index in [0.717, 1.165) is 5.56 Å². The van der Waals surface area contributed by atoms with Gasteiger partial charge in [-0.15, -0.1) is 0 Å². The zero-order valence-corrected chi connectivity index (χ0v) is 16.6. The Hall–Kier alpha value is -2.89. The molecule has 0 saturated heterocycles.